The molecule has 7 rings (SSSR count). The van der Waals surface area contributed by atoms with Gasteiger partial charge in [-0.3, -0.25) is 4.48 Å². The molecule has 1 N–H and O–H groups in total. The van der Waals surface area contributed by atoms with Gasteiger partial charge >= 0.3 is 0 Å². The lowest BCUT2D eigenvalue weighted by Gasteiger charge is -2.38. The standard InChI is InChI=1S/C36H38Br2N2O4/c1-5-22-19-36-30(22)13-15-40(36,21-24-17-26(43-3)7-10-32(24)38)35(36)34(41)28-12-14-39(33-11-8-27(44-4)18-29(28)33)20-23-16-25(42-2)6-9-31(23)37/h5-12,14,16-18,22,30,34-35,41H,1,13,15,19-21H2,2-4H3/q+2/t22-,30?,34+,35?,36?,40?/m1/s1. The lowest BCUT2D eigenvalue weighted by molar-refractivity contribution is -0.851. The first kappa shape index (κ1) is 29.8. The third-order valence-corrected chi connectivity index (χ3v) is 12.4. The second-order valence-electron chi connectivity index (χ2n) is 12.5. The van der Waals surface area contributed by atoms with Crippen molar-refractivity contribution in [2.75, 3.05) is 27.9 Å². The topological polar surface area (TPSA) is 51.8 Å². The van der Waals surface area contributed by atoms with Crippen molar-refractivity contribution < 1.29 is 28.4 Å². The summed E-state index contributed by atoms with van der Waals surface area (Å²) in [5.74, 6) is 3.51. The minimum atomic E-state index is -0.624. The maximum Gasteiger partial charge on any atom is 0.213 e. The summed E-state index contributed by atoms with van der Waals surface area (Å²) >= 11 is 7.54. The van der Waals surface area contributed by atoms with Gasteiger partial charge in [-0.2, -0.15) is 4.57 Å². The van der Waals surface area contributed by atoms with E-state index in [1.165, 1.54) is 12.0 Å². The van der Waals surface area contributed by atoms with Crippen molar-refractivity contribution in [3.63, 3.8) is 0 Å². The molecule has 1 saturated carbocycles. The Bertz CT molecular complexity index is 1780. The minimum Gasteiger partial charge on any atom is -0.497 e. The number of aliphatic hydroxyl groups is 1. The van der Waals surface area contributed by atoms with E-state index in [9.17, 15) is 5.11 Å². The minimum absolute atomic E-state index is 0.0588. The Labute approximate surface area is 275 Å². The lowest BCUT2D eigenvalue weighted by atomic mass is 9.61. The van der Waals surface area contributed by atoms with Crippen molar-refractivity contribution in [3.8, 4) is 17.2 Å². The number of rotatable bonds is 10. The van der Waals surface area contributed by atoms with Crippen LogP contribution in [-0.4, -0.2) is 49.0 Å². The summed E-state index contributed by atoms with van der Waals surface area (Å²) in [5.41, 5.74) is 4.40. The molecule has 228 valence electrons. The molecule has 6 nitrogen and oxygen atoms in total. The van der Waals surface area contributed by atoms with Gasteiger partial charge in [0.2, 0.25) is 5.52 Å². The van der Waals surface area contributed by atoms with Crippen LogP contribution in [-0.2, 0) is 13.1 Å². The molecule has 1 aromatic heterocycles. The fourth-order valence-electron chi connectivity index (χ4n) is 8.79. The highest BCUT2D eigenvalue weighted by Gasteiger charge is 2.91. The maximum absolute atomic E-state index is 12.5. The molecular weight excluding hydrogens is 684 g/mol. The van der Waals surface area contributed by atoms with Crippen LogP contribution in [0, 0.1) is 11.8 Å². The quantitative estimate of drug-likeness (QED) is 0.0821. The number of ether oxygens (including phenoxy) is 3. The van der Waals surface area contributed by atoms with Crippen LogP contribution >= 0.6 is 31.9 Å². The number of hydrogen-bond donors (Lipinski definition) is 1. The van der Waals surface area contributed by atoms with Gasteiger partial charge in [-0.05, 0) is 54.4 Å². The van der Waals surface area contributed by atoms with Crippen LogP contribution in [0.5, 0.6) is 17.2 Å². The number of aliphatic hydroxyl groups excluding tert-OH is 1. The highest BCUT2D eigenvalue weighted by molar-refractivity contribution is 9.10. The number of halogens is 2. The number of piperidine rings is 1. The summed E-state index contributed by atoms with van der Waals surface area (Å²) in [5, 5.41) is 13.5. The number of aromatic nitrogens is 1. The van der Waals surface area contributed by atoms with Gasteiger partial charge in [-0.25, -0.2) is 0 Å². The van der Waals surface area contributed by atoms with Crippen molar-refractivity contribution in [2.24, 2.45) is 11.8 Å². The molecule has 6 atom stereocenters. The molecular formula is C36H38Br2N2O4+2. The number of allylic oxidation sites excluding steroid dienone is 1. The van der Waals surface area contributed by atoms with Gasteiger partial charge in [0.25, 0.3) is 0 Å². The van der Waals surface area contributed by atoms with Crippen molar-refractivity contribution in [1.82, 2.24) is 0 Å². The van der Waals surface area contributed by atoms with Gasteiger partial charge in [0.05, 0.1) is 33.3 Å². The smallest absolute Gasteiger partial charge is 0.213 e. The van der Waals surface area contributed by atoms with Crippen LogP contribution in [0.2, 0.25) is 0 Å². The second-order valence-corrected chi connectivity index (χ2v) is 14.2. The summed E-state index contributed by atoms with van der Waals surface area (Å²) in [6, 6.07) is 20.6. The molecule has 8 heteroatoms. The summed E-state index contributed by atoms with van der Waals surface area (Å²) in [4.78, 5) is 0. The van der Waals surface area contributed by atoms with E-state index in [4.69, 9.17) is 14.2 Å². The molecule has 3 aliphatic rings. The van der Waals surface area contributed by atoms with E-state index in [2.05, 4.69) is 91.7 Å². The summed E-state index contributed by atoms with van der Waals surface area (Å²) < 4.78 is 22.0. The van der Waals surface area contributed by atoms with E-state index in [1.54, 1.807) is 21.3 Å². The first-order chi connectivity index (χ1) is 21.3. The molecule has 2 aliphatic heterocycles. The predicted molar refractivity (Wildman–Crippen MR) is 178 cm³/mol. The summed E-state index contributed by atoms with van der Waals surface area (Å²) in [6.07, 6.45) is 5.86. The fourth-order valence-corrected chi connectivity index (χ4v) is 9.53. The molecule has 0 radical (unpaired) electrons. The fraction of sp³-hybridized carbons (Fsp3) is 0.361. The van der Waals surface area contributed by atoms with Crippen LogP contribution in [0.4, 0.5) is 0 Å². The van der Waals surface area contributed by atoms with Crippen molar-refractivity contribution in [3.05, 3.63) is 105 Å². The maximum atomic E-state index is 12.5. The van der Waals surface area contributed by atoms with Crippen LogP contribution < -0.4 is 18.8 Å². The first-order valence-electron chi connectivity index (χ1n) is 15.1. The van der Waals surface area contributed by atoms with E-state index in [0.29, 0.717) is 18.4 Å². The Kier molecular flexibility index (Phi) is 7.55. The van der Waals surface area contributed by atoms with Gasteiger partial charge in [0.15, 0.2) is 24.3 Å². The van der Waals surface area contributed by atoms with Crippen molar-refractivity contribution in [2.45, 2.75) is 43.6 Å². The number of benzene rings is 3. The number of fused-ring (bicyclic) bond motifs is 1. The van der Waals surface area contributed by atoms with Gasteiger partial charge in [-0.1, -0.05) is 37.9 Å². The van der Waals surface area contributed by atoms with Gasteiger partial charge in [0, 0.05) is 56.5 Å². The SMILES string of the molecule is C=C[C@@H]1CC23C1CC[N+]2(Cc1cc(OC)ccc1Br)C3[C@@H](O)c1cc[n+](Cc2cc(OC)ccc2Br)c2ccc(OC)cc12. The third-order valence-electron chi connectivity index (χ3n) is 10.8. The third kappa shape index (κ3) is 4.36. The van der Waals surface area contributed by atoms with Crippen LogP contribution in [0.3, 0.4) is 0 Å². The van der Waals surface area contributed by atoms with Crippen molar-refractivity contribution in [1.29, 1.82) is 0 Å². The van der Waals surface area contributed by atoms with Gasteiger partial charge in [-0.15, -0.1) is 6.58 Å². The molecule has 4 unspecified atom stereocenters. The molecule has 3 aromatic carbocycles. The molecule has 2 saturated heterocycles. The van der Waals surface area contributed by atoms with Gasteiger partial charge < -0.3 is 19.3 Å². The molecule has 44 heavy (non-hydrogen) atoms. The molecule has 4 aromatic rings. The number of pyridine rings is 1. The predicted octanol–water partition coefficient (Wildman–Crippen LogP) is 7.12. The van der Waals surface area contributed by atoms with Crippen LogP contribution in [0.15, 0.2) is 88.5 Å². The van der Waals surface area contributed by atoms with Crippen LogP contribution in [0.1, 0.15) is 35.6 Å². The monoisotopic (exact) mass is 720 g/mol. The van der Waals surface area contributed by atoms with E-state index in [0.717, 1.165) is 72.2 Å². The Hall–Kier alpha value is -2.91. The Morgan fingerprint density at radius 1 is 0.955 bits per heavy atom. The van der Waals surface area contributed by atoms with E-state index >= 15 is 0 Å². The van der Waals surface area contributed by atoms with Crippen molar-refractivity contribution >= 4 is 42.8 Å². The Morgan fingerprint density at radius 3 is 2.27 bits per heavy atom. The largest absolute Gasteiger partial charge is 0.497 e. The highest BCUT2D eigenvalue weighted by Crippen LogP contribution is 2.76. The molecule has 1 aliphatic carbocycles. The molecule has 3 fully saturated rings. The molecule has 3 heterocycles. The van der Waals surface area contributed by atoms with Crippen LogP contribution in [0.25, 0.3) is 10.9 Å². The van der Waals surface area contributed by atoms with Gasteiger partial charge in [0.1, 0.15) is 29.9 Å². The van der Waals surface area contributed by atoms with E-state index < -0.39 is 6.10 Å². The van der Waals surface area contributed by atoms with E-state index in [1.807, 2.05) is 24.3 Å². The average molecular weight is 723 g/mol. The molecule has 0 amide bonds. The zero-order chi connectivity index (χ0) is 30.8. The zero-order valence-electron chi connectivity index (χ0n) is 25.3. The average Bonchev–Trinajstić information content (AvgIpc) is 3.55. The lowest BCUT2D eigenvalue weighted by Crippen LogP contribution is -2.46. The molecule has 0 bridgehead atoms. The molecule has 1 spiro atoms. The number of hydrogen-bond acceptors (Lipinski definition) is 4. The summed E-state index contributed by atoms with van der Waals surface area (Å²) in [6.45, 7) is 6.73. The normalized spacial score (nSPS) is 27.2. The Morgan fingerprint density at radius 2 is 1.59 bits per heavy atom. The zero-order valence-corrected chi connectivity index (χ0v) is 28.5. The summed E-state index contributed by atoms with van der Waals surface area (Å²) in [7, 11) is 5.09. The van der Waals surface area contributed by atoms with E-state index in [-0.39, 0.29) is 11.6 Å². The first-order valence-corrected chi connectivity index (χ1v) is 16.7. The Balaban J connectivity index is 1.30. The number of quaternary nitrogens is 1. The highest BCUT2D eigenvalue weighted by atomic mass is 79.9. The second kappa shape index (κ2) is 11.2. The number of nitrogens with zero attached hydrogens (tertiary/aromatic N) is 2. The number of methoxy groups -OCH3 is 3.